The van der Waals surface area contributed by atoms with Gasteiger partial charge in [0.15, 0.2) is 0 Å². The third-order valence-electron chi connectivity index (χ3n) is 9.43. The molecule has 0 aromatic carbocycles. The molecule has 3 rings (SSSR count). The molecule has 0 saturated carbocycles. The van der Waals surface area contributed by atoms with Crippen LogP contribution in [0.25, 0.3) is 0 Å². The molecule has 2 unspecified atom stereocenters. The Hall–Kier alpha value is 0.150. The van der Waals surface area contributed by atoms with Crippen LogP contribution in [0.4, 0.5) is 0 Å². The average molecular weight is 554 g/mol. The van der Waals surface area contributed by atoms with Crippen molar-refractivity contribution in [2.24, 2.45) is 17.8 Å². The summed E-state index contributed by atoms with van der Waals surface area (Å²) in [5.74, 6) is 3.41. The molecule has 0 bridgehead atoms. The lowest BCUT2D eigenvalue weighted by molar-refractivity contribution is -0.167. The first-order valence-corrected chi connectivity index (χ1v) is 16.6. The first kappa shape index (κ1) is 32.7. The summed E-state index contributed by atoms with van der Waals surface area (Å²) in [6.45, 7) is 36.1. The van der Waals surface area contributed by atoms with Crippen LogP contribution in [0, 0.1) is 17.8 Å². The van der Waals surface area contributed by atoms with Crippen LogP contribution in [0.2, 0.25) is 0 Å². The number of rotatable bonds is 16. The van der Waals surface area contributed by atoms with Crippen molar-refractivity contribution in [3.05, 3.63) is 0 Å². The summed E-state index contributed by atoms with van der Waals surface area (Å²) < 4.78 is 13.3. The molecule has 224 valence electrons. The van der Waals surface area contributed by atoms with Gasteiger partial charge in [0, 0.05) is 73.5 Å². The predicted molar refractivity (Wildman–Crippen MR) is 165 cm³/mol. The van der Waals surface area contributed by atoms with Crippen molar-refractivity contribution in [2.75, 3.05) is 51.6 Å². The van der Waals surface area contributed by atoms with Crippen LogP contribution < -0.4 is 0 Å². The van der Waals surface area contributed by atoms with Crippen molar-refractivity contribution < 1.29 is 9.47 Å². The van der Waals surface area contributed by atoms with Crippen molar-refractivity contribution in [3.63, 3.8) is 0 Å². The van der Waals surface area contributed by atoms with Crippen molar-refractivity contribution >= 4 is 11.8 Å². The van der Waals surface area contributed by atoms with Gasteiger partial charge in [-0.1, -0.05) is 13.8 Å². The van der Waals surface area contributed by atoms with E-state index in [9.17, 15) is 0 Å². The van der Waals surface area contributed by atoms with Gasteiger partial charge in [-0.2, -0.15) is 11.8 Å². The highest BCUT2D eigenvalue weighted by Gasteiger charge is 2.49. The van der Waals surface area contributed by atoms with Gasteiger partial charge in [0.25, 0.3) is 0 Å². The first-order chi connectivity index (χ1) is 17.5. The van der Waals surface area contributed by atoms with Crippen LogP contribution in [-0.2, 0) is 9.47 Å². The largest absolute Gasteiger partial charge is 0.378 e. The number of hydrogen-bond acceptors (Lipinski definition) is 6. The van der Waals surface area contributed by atoms with Gasteiger partial charge in [0.05, 0.1) is 24.4 Å². The summed E-state index contributed by atoms with van der Waals surface area (Å²) in [7, 11) is 0. The van der Waals surface area contributed by atoms with Crippen LogP contribution >= 0.6 is 11.8 Å². The van der Waals surface area contributed by atoms with E-state index in [1.54, 1.807) is 0 Å². The Labute approximate surface area is 241 Å². The fourth-order valence-electron chi connectivity index (χ4n) is 6.89. The third-order valence-corrected chi connectivity index (χ3v) is 11.0. The van der Waals surface area contributed by atoms with E-state index >= 15 is 0 Å². The first-order valence-electron chi connectivity index (χ1n) is 15.7. The van der Waals surface area contributed by atoms with Crippen molar-refractivity contribution in [1.82, 2.24) is 14.7 Å². The maximum Gasteiger partial charge on any atom is 0.0723 e. The lowest BCUT2D eigenvalue weighted by Crippen LogP contribution is -2.65. The number of nitrogens with zero attached hydrogens (tertiary/aromatic N) is 3. The highest BCUT2D eigenvalue weighted by Crippen LogP contribution is 2.45. The van der Waals surface area contributed by atoms with Gasteiger partial charge in [-0.05, 0) is 93.7 Å². The number of likely N-dealkylation sites (tertiary alicyclic amines) is 3. The minimum Gasteiger partial charge on any atom is -0.378 e. The Morgan fingerprint density at radius 3 is 1.79 bits per heavy atom. The lowest BCUT2D eigenvalue weighted by Gasteiger charge is -2.56. The molecule has 3 aliphatic rings. The van der Waals surface area contributed by atoms with Crippen LogP contribution in [-0.4, -0.2) is 107 Å². The molecule has 0 N–H and O–H groups in total. The van der Waals surface area contributed by atoms with E-state index < -0.39 is 0 Å². The fraction of sp³-hybridized carbons (Fsp3) is 1.00. The zero-order valence-corrected chi connectivity index (χ0v) is 28.0. The fourth-order valence-corrected chi connectivity index (χ4v) is 8.17. The molecule has 3 saturated heterocycles. The summed E-state index contributed by atoms with van der Waals surface area (Å²) in [5, 5.41) is 0. The quantitative estimate of drug-likeness (QED) is 0.224. The molecule has 0 aromatic rings. The molecule has 2 atom stereocenters. The number of ether oxygens (including phenoxy) is 2. The SMILES string of the molecule is CC(C)OC(C)(CC(C)(C)SCC1CN(C(C)C)C1)C1CN(C(C)(C)CC(C)OCC2CN(C(C)C)C2)C1. The van der Waals surface area contributed by atoms with E-state index in [1.165, 1.54) is 31.9 Å². The minimum atomic E-state index is -0.0878. The monoisotopic (exact) mass is 553 g/mol. The normalized spacial score (nSPS) is 24.1. The maximum atomic E-state index is 6.75. The van der Waals surface area contributed by atoms with Gasteiger partial charge in [-0.25, -0.2) is 0 Å². The van der Waals surface area contributed by atoms with Gasteiger partial charge in [-0.3, -0.25) is 4.90 Å². The third kappa shape index (κ3) is 8.82. The summed E-state index contributed by atoms with van der Waals surface area (Å²) in [6.07, 6.45) is 2.74. The Morgan fingerprint density at radius 2 is 1.29 bits per heavy atom. The van der Waals surface area contributed by atoms with Gasteiger partial charge < -0.3 is 19.3 Å². The molecule has 38 heavy (non-hydrogen) atoms. The summed E-state index contributed by atoms with van der Waals surface area (Å²) in [5.41, 5.74) is 0.0600. The van der Waals surface area contributed by atoms with Gasteiger partial charge in [0.2, 0.25) is 0 Å². The summed E-state index contributed by atoms with van der Waals surface area (Å²) >= 11 is 2.17. The van der Waals surface area contributed by atoms with Gasteiger partial charge in [0.1, 0.15) is 0 Å². The molecular weight excluding hydrogens is 490 g/mol. The highest BCUT2D eigenvalue weighted by molar-refractivity contribution is 8.00. The van der Waals surface area contributed by atoms with Crippen LogP contribution in [0.3, 0.4) is 0 Å². The summed E-state index contributed by atoms with van der Waals surface area (Å²) in [4.78, 5) is 7.80. The number of thioether (sulfide) groups is 1. The molecule has 0 aliphatic carbocycles. The van der Waals surface area contributed by atoms with E-state index in [-0.39, 0.29) is 22.0 Å². The van der Waals surface area contributed by atoms with Crippen LogP contribution in [0.15, 0.2) is 0 Å². The zero-order valence-electron chi connectivity index (χ0n) is 27.2. The van der Waals surface area contributed by atoms with Crippen molar-refractivity contribution in [2.45, 2.75) is 136 Å². The Balaban J connectivity index is 1.45. The lowest BCUT2D eigenvalue weighted by atomic mass is 9.75. The molecule has 5 nitrogen and oxygen atoms in total. The van der Waals surface area contributed by atoms with E-state index in [2.05, 4.69) is 110 Å². The summed E-state index contributed by atoms with van der Waals surface area (Å²) in [6, 6.07) is 1.35. The smallest absolute Gasteiger partial charge is 0.0723 e. The maximum absolute atomic E-state index is 6.75. The molecular formula is C32H63N3O2S. The number of hydrogen-bond donors (Lipinski definition) is 0. The molecule has 0 aromatic heterocycles. The standard InChI is InChI=1S/C32H63N3O2S/c1-23(2)33-14-27(15-33)20-36-26(7)13-30(8,9)35-18-29(19-35)32(12,37-25(5)6)22-31(10,11)38-21-28-16-34(17-28)24(3)4/h23-29H,13-22H2,1-12H3. The molecule has 3 heterocycles. The Kier molecular flexibility index (Phi) is 11.2. The van der Waals surface area contributed by atoms with Crippen LogP contribution in [0.1, 0.15) is 95.9 Å². The zero-order chi connectivity index (χ0) is 28.5. The molecule has 0 spiro atoms. The Morgan fingerprint density at radius 1 is 0.763 bits per heavy atom. The average Bonchev–Trinajstić information content (AvgIpc) is 2.61. The molecule has 3 aliphatic heterocycles. The second-order valence-corrected chi connectivity index (χ2v) is 17.0. The highest BCUT2D eigenvalue weighted by atomic mass is 32.2. The van der Waals surface area contributed by atoms with Crippen molar-refractivity contribution in [3.8, 4) is 0 Å². The second-order valence-electron chi connectivity index (χ2n) is 15.3. The van der Waals surface area contributed by atoms with Crippen LogP contribution in [0.5, 0.6) is 0 Å². The molecule has 3 fully saturated rings. The molecule has 6 heteroatoms. The van der Waals surface area contributed by atoms with E-state index in [0.29, 0.717) is 30.0 Å². The Bertz CT molecular complexity index is 724. The van der Waals surface area contributed by atoms with Gasteiger partial charge >= 0.3 is 0 Å². The molecule has 0 radical (unpaired) electrons. The van der Waals surface area contributed by atoms with E-state index in [4.69, 9.17) is 9.47 Å². The molecule has 0 amide bonds. The minimum absolute atomic E-state index is 0.0878. The topological polar surface area (TPSA) is 28.2 Å². The van der Waals surface area contributed by atoms with Crippen molar-refractivity contribution in [1.29, 1.82) is 0 Å². The van der Waals surface area contributed by atoms with E-state index in [1.807, 2.05) is 0 Å². The van der Waals surface area contributed by atoms with E-state index in [0.717, 1.165) is 38.5 Å². The second kappa shape index (κ2) is 13.0. The predicted octanol–water partition coefficient (Wildman–Crippen LogP) is 6.26. The van der Waals surface area contributed by atoms with Gasteiger partial charge in [-0.15, -0.1) is 0 Å².